The summed E-state index contributed by atoms with van der Waals surface area (Å²) in [5.41, 5.74) is 7.18. The number of benzene rings is 2. The number of phenols is 1. The highest BCUT2D eigenvalue weighted by molar-refractivity contribution is 7.13. The van der Waals surface area contributed by atoms with Crippen LogP contribution in [0.15, 0.2) is 70.7 Å². The van der Waals surface area contributed by atoms with Crippen LogP contribution in [0.4, 0.5) is 11.5 Å². The topological polar surface area (TPSA) is 186 Å². The number of piperidine rings is 1. The average Bonchev–Trinajstić information content (AvgIpc) is 4.06. The molecule has 4 aliphatic rings. The molecule has 4 N–H and O–H groups in total. The second-order valence-corrected chi connectivity index (χ2v) is 18.8. The van der Waals surface area contributed by atoms with Gasteiger partial charge in [0.2, 0.25) is 11.8 Å². The lowest BCUT2D eigenvalue weighted by Crippen LogP contribution is -2.62. The van der Waals surface area contributed by atoms with E-state index in [0.29, 0.717) is 41.6 Å². The summed E-state index contributed by atoms with van der Waals surface area (Å²) in [7, 11) is 0. The molecule has 0 spiro atoms. The number of amides is 2. The maximum Gasteiger partial charge on any atom is 0.254 e. The summed E-state index contributed by atoms with van der Waals surface area (Å²) in [4.78, 5) is 42.5. The Morgan fingerprint density at radius 1 is 1.02 bits per heavy atom. The number of carbonyl (C=O) groups excluding carboxylic acids is 2. The minimum atomic E-state index is -0.823. The number of aromatic hydroxyl groups is 1. The summed E-state index contributed by atoms with van der Waals surface area (Å²) in [5.74, 6) is 0.188. The van der Waals surface area contributed by atoms with Crippen molar-refractivity contribution in [1.29, 1.82) is 0 Å². The number of aliphatic hydroxyl groups excluding tert-OH is 1. The molecule has 338 valence electrons. The molecule has 2 aromatic carbocycles. The zero-order chi connectivity index (χ0) is 44.5. The summed E-state index contributed by atoms with van der Waals surface area (Å²) >= 11 is 1.59. The molecule has 5 aromatic rings. The number of hydrogen-bond donors (Lipinski definition) is 4. The zero-order valence-electron chi connectivity index (χ0n) is 36.9. The number of ether oxygens (including phenoxy) is 1. The highest BCUT2D eigenvalue weighted by Crippen LogP contribution is 2.37. The van der Waals surface area contributed by atoms with E-state index >= 15 is 0 Å². The number of anilines is 2. The number of hydrogen-bond acceptors (Lipinski definition) is 15. The molecule has 64 heavy (non-hydrogen) atoms. The molecule has 0 radical (unpaired) electrons. The number of nitrogens with one attached hydrogen (secondary N) is 2. The molecule has 0 aliphatic carbocycles. The molecule has 0 saturated carbocycles. The predicted molar refractivity (Wildman–Crippen MR) is 244 cm³/mol. The van der Waals surface area contributed by atoms with Crippen LogP contribution in [0.1, 0.15) is 69.0 Å². The van der Waals surface area contributed by atoms with E-state index < -0.39 is 18.1 Å². The molecule has 16 nitrogen and oxygen atoms in total. The van der Waals surface area contributed by atoms with Crippen LogP contribution in [-0.2, 0) is 9.59 Å². The Hall–Kier alpha value is -5.62. The van der Waals surface area contributed by atoms with Gasteiger partial charge in [0, 0.05) is 69.9 Å². The van der Waals surface area contributed by atoms with E-state index in [2.05, 4.69) is 45.7 Å². The van der Waals surface area contributed by atoms with Crippen LogP contribution in [0, 0.1) is 12.8 Å². The van der Waals surface area contributed by atoms with Gasteiger partial charge >= 0.3 is 0 Å². The van der Waals surface area contributed by atoms with Crippen molar-refractivity contribution in [3.8, 4) is 33.3 Å². The quantitative estimate of drug-likeness (QED) is 0.119. The van der Waals surface area contributed by atoms with E-state index in [0.717, 1.165) is 91.9 Å². The molecule has 3 fully saturated rings. The first-order valence-corrected chi connectivity index (χ1v) is 23.4. The van der Waals surface area contributed by atoms with Gasteiger partial charge in [-0.3, -0.25) is 19.4 Å². The van der Waals surface area contributed by atoms with Crippen LogP contribution in [-0.4, -0.2) is 140 Å². The second-order valence-electron chi connectivity index (χ2n) is 18.0. The third-order valence-corrected chi connectivity index (χ3v) is 14.3. The normalized spacial score (nSPS) is 22.4. The first kappa shape index (κ1) is 43.6. The minimum absolute atomic E-state index is 0.0594. The fourth-order valence-electron chi connectivity index (χ4n) is 9.88. The molecular formula is C47H58N10O6S. The van der Waals surface area contributed by atoms with E-state index in [1.54, 1.807) is 29.5 Å². The Bertz CT molecular complexity index is 2430. The number of aromatic nitrogens is 4. The number of nitrogens with zero attached hydrogens (tertiary/aromatic N) is 8. The molecule has 0 bridgehead atoms. The zero-order valence-corrected chi connectivity index (χ0v) is 37.7. The highest BCUT2D eigenvalue weighted by Gasteiger charge is 2.44. The van der Waals surface area contributed by atoms with Crippen LogP contribution >= 0.6 is 11.3 Å². The van der Waals surface area contributed by atoms with Crippen LogP contribution in [0.3, 0.4) is 0 Å². The Balaban J connectivity index is 0.768. The van der Waals surface area contributed by atoms with Crippen molar-refractivity contribution < 1.29 is 29.1 Å². The number of aryl methyl sites for hydroxylation is 1. The number of β-amino-alcohol motifs (C(OH)–C–C–N with tert-alkyl or cyclic N) is 1. The number of rotatable bonds is 13. The van der Waals surface area contributed by atoms with Crippen molar-refractivity contribution in [1.82, 2.24) is 40.4 Å². The molecule has 17 heteroatoms. The summed E-state index contributed by atoms with van der Waals surface area (Å²) in [5, 5.41) is 40.8. The Labute approximate surface area is 377 Å². The summed E-state index contributed by atoms with van der Waals surface area (Å²) in [6, 6.07) is 18.6. The van der Waals surface area contributed by atoms with E-state index in [9.17, 15) is 19.8 Å². The Morgan fingerprint density at radius 2 is 1.84 bits per heavy atom. The van der Waals surface area contributed by atoms with Crippen molar-refractivity contribution in [2.45, 2.75) is 83.1 Å². The van der Waals surface area contributed by atoms with Gasteiger partial charge in [0.25, 0.3) is 5.88 Å². The van der Waals surface area contributed by atoms with Crippen LogP contribution in [0.25, 0.3) is 21.7 Å². The highest BCUT2D eigenvalue weighted by atomic mass is 32.1. The number of carbonyl (C=O) groups is 2. The smallest absolute Gasteiger partial charge is 0.254 e. The van der Waals surface area contributed by atoms with Gasteiger partial charge in [0.05, 0.1) is 45.7 Å². The maximum absolute atomic E-state index is 14.3. The Kier molecular flexibility index (Phi) is 12.8. The molecule has 7 heterocycles. The van der Waals surface area contributed by atoms with Crippen molar-refractivity contribution in [2.24, 2.45) is 5.92 Å². The Morgan fingerprint density at radius 3 is 2.62 bits per heavy atom. The van der Waals surface area contributed by atoms with Gasteiger partial charge in [0.15, 0.2) is 11.6 Å². The van der Waals surface area contributed by atoms with Gasteiger partial charge in [-0.1, -0.05) is 50.2 Å². The number of phenolic OH excluding ortho intramolecular Hbond substituents is 1. The first-order chi connectivity index (χ1) is 31.0. The van der Waals surface area contributed by atoms with E-state index in [1.807, 2.05) is 75.7 Å². The second kappa shape index (κ2) is 18.8. The maximum atomic E-state index is 14.3. The van der Waals surface area contributed by atoms with Gasteiger partial charge in [0.1, 0.15) is 24.3 Å². The summed E-state index contributed by atoms with van der Waals surface area (Å²) in [6.45, 7) is 14.5. The number of para-hydroxylation sites is 1. The van der Waals surface area contributed by atoms with E-state index in [1.165, 1.54) is 4.90 Å². The number of likely N-dealkylation sites (tertiary alicyclic amines) is 2. The van der Waals surface area contributed by atoms with Crippen LogP contribution in [0.5, 0.6) is 11.6 Å². The molecule has 0 unspecified atom stereocenters. The first-order valence-electron chi connectivity index (χ1n) is 22.5. The molecule has 3 aromatic heterocycles. The lowest BCUT2D eigenvalue weighted by atomic mass is 9.91. The van der Waals surface area contributed by atoms with Gasteiger partial charge in [-0.05, 0) is 73.6 Å². The number of aliphatic hydroxyl groups is 1. The van der Waals surface area contributed by atoms with Crippen LogP contribution in [0.2, 0.25) is 0 Å². The summed E-state index contributed by atoms with van der Waals surface area (Å²) < 4.78 is 11.9. The number of thiazole rings is 1. The number of piperazine rings is 1. The van der Waals surface area contributed by atoms with Gasteiger partial charge in [-0.2, -0.15) is 0 Å². The number of fused-ring (bicyclic) bond motifs is 3. The fraction of sp³-hybridized carbons (Fsp3) is 0.489. The van der Waals surface area contributed by atoms with E-state index in [-0.39, 0.29) is 42.5 Å². The van der Waals surface area contributed by atoms with E-state index in [4.69, 9.17) is 9.26 Å². The molecule has 2 amide bonds. The van der Waals surface area contributed by atoms with Crippen molar-refractivity contribution >= 4 is 34.7 Å². The molecule has 4 aliphatic heterocycles. The largest absolute Gasteiger partial charge is 0.507 e. The predicted octanol–water partition coefficient (Wildman–Crippen LogP) is 5.31. The SMILES string of the molecule is Cc1ncsc1-c1ccc([C@H](C)NC(=O)[C@@H]2C[C@@H](O)CN2C(=O)[C@@H](c2cc(OCCN3CCC[C@@H](N4CCN5c6cc(-c7ccccc7O)nnc6NC[C@H]5C4)C3)no2)C(C)C)cc1. The fourth-order valence-corrected chi connectivity index (χ4v) is 10.7. The van der Waals surface area contributed by atoms with Gasteiger partial charge < -0.3 is 39.9 Å². The molecule has 9 rings (SSSR count). The minimum Gasteiger partial charge on any atom is -0.507 e. The van der Waals surface area contributed by atoms with Crippen molar-refractivity contribution in [3.63, 3.8) is 0 Å². The average molecular weight is 891 g/mol. The lowest BCUT2D eigenvalue weighted by molar-refractivity contribution is -0.141. The standard InChI is InChI=1S/C47H58N10O6S/c1-28(2)43(47(61)57-26-35(58)20-39(57)46(60)50-29(3)31-11-13-32(14-12-31)44-30(4)49-27-64-44)41-22-42(53-63-41)62-19-18-54-15-7-8-33(24-54)55-16-17-56-34(25-55)23-48-45-38(56)21-37(51-52-45)36-9-5-6-10-40(36)59/h5-6,9-14,21-22,27-29,33-35,39,43,58-59H,7-8,15-20,23-26H2,1-4H3,(H,48,52)(H,50,60)/t29-,33+,34-,35+,39-,43+/m0/s1. The van der Waals surface area contributed by atoms with Gasteiger partial charge in [-0.25, -0.2) is 4.98 Å². The van der Waals surface area contributed by atoms with Crippen molar-refractivity contribution in [2.75, 3.05) is 69.2 Å². The monoisotopic (exact) mass is 890 g/mol. The third-order valence-electron chi connectivity index (χ3n) is 13.3. The molecule has 3 saturated heterocycles. The molecular weight excluding hydrogens is 833 g/mol. The summed E-state index contributed by atoms with van der Waals surface area (Å²) in [6.07, 6.45) is 1.58. The van der Waals surface area contributed by atoms with Crippen molar-refractivity contribution in [3.05, 3.63) is 83.2 Å². The van der Waals surface area contributed by atoms with Gasteiger partial charge in [-0.15, -0.1) is 21.5 Å². The lowest BCUT2D eigenvalue weighted by Gasteiger charge is -2.49. The van der Waals surface area contributed by atoms with Crippen LogP contribution < -0.4 is 20.3 Å². The third kappa shape index (κ3) is 9.16. The molecule has 6 atom stereocenters.